The van der Waals surface area contributed by atoms with Crippen LogP contribution in [0.1, 0.15) is 13.3 Å². The van der Waals surface area contributed by atoms with Gasteiger partial charge in [-0.05, 0) is 42.8 Å². The van der Waals surface area contributed by atoms with Crippen LogP contribution in [0.25, 0.3) is 22.3 Å². The van der Waals surface area contributed by atoms with Crippen molar-refractivity contribution in [3.05, 3.63) is 112 Å². The molecule has 0 spiro atoms. The van der Waals surface area contributed by atoms with E-state index in [1.165, 1.54) is 27.1 Å². The van der Waals surface area contributed by atoms with Crippen molar-refractivity contribution in [2.24, 2.45) is 0 Å². The molecule has 9 heteroatoms. The highest BCUT2D eigenvalue weighted by molar-refractivity contribution is 8.00. The Morgan fingerprint density at radius 3 is 2.28 bits per heavy atom. The van der Waals surface area contributed by atoms with Crippen LogP contribution in [0.15, 0.2) is 106 Å². The van der Waals surface area contributed by atoms with Gasteiger partial charge in [0.25, 0.3) is 11.1 Å². The van der Waals surface area contributed by atoms with E-state index in [2.05, 4.69) is 10.4 Å². The predicted molar refractivity (Wildman–Crippen MR) is 142 cm³/mol. The molecule has 0 saturated heterocycles. The van der Waals surface area contributed by atoms with Crippen LogP contribution in [0.5, 0.6) is 0 Å². The van der Waals surface area contributed by atoms with Gasteiger partial charge in [-0.1, -0.05) is 67.2 Å². The van der Waals surface area contributed by atoms with Crippen LogP contribution >= 0.6 is 11.8 Å². The molecule has 0 radical (unpaired) electrons. The summed E-state index contributed by atoms with van der Waals surface area (Å²) in [6.45, 7) is 1.89. The van der Waals surface area contributed by atoms with Crippen LogP contribution in [0, 0.1) is 0 Å². The Morgan fingerprint density at radius 2 is 1.58 bits per heavy atom. The van der Waals surface area contributed by atoms with Crippen LogP contribution < -0.4 is 16.4 Å². The van der Waals surface area contributed by atoms with E-state index in [1.807, 2.05) is 61.5 Å². The van der Waals surface area contributed by atoms with Crippen molar-refractivity contribution < 1.29 is 4.79 Å². The summed E-state index contributed by atoms with van der Waals surface area (Å²) in [7, 11) is 0. The van der Waals surface area contributed by atoms with Crippen molar-refractivity contribution in [3.63, 3.8) is 0 Å². The van der Waals surface area contributed by atoms with Crippen molar-refractivity contribution in [2.75, 3.05) is 5.32 Å². The maximum Gasteiger partial charge on any atom is 0.273 e. The fourth-order valence-electron chi connectivity index (χ4n) is 3.89. The second-order valence-electron chi connectivity index (χ2n) is 8.07. The summed E-state index contributed by atoms with van der Waals surface area (Å²) in [5.41, 5.74) is 1.41. The van der Waals surface area contributed by atoms with Gasteiger partial charge in [-0.25, -0.2) is 9.67 Å². The summed E-state index contributed by atoms with van der Waals surface area (Å²) in [4.78, 5) is 43.8. The lowest BCUT2D eigenvalue weighted by Crippen LogP contribution is -2.27. The van der Waals surface area contributed by atoms with Gasteiger partial charge in [0.15, 0.2) is 5.16 Å². The summed E-state index contributed by atoms with van der Waals surface area (Å²) in [6, 6.07) is 26.9. The molecule has 1 amide bonds. The molecule has 3 aromatic carbocycles. The predicted octanol–water partition coefficient (Wildman–Crippen LogP) is 4.37. The molecule has 0 fully saturated rings. The van der Waals surface area contributed by atoms with Crippen molar-refractivity contribution in [1.82, 2.24) is 19.3 Å². The Morgan fingerprint density at radius 1 is 0.944 bits per heavy atom. The number of aromatic amines is 1. The number of amides is 1. The topological polar surface area (TPSA) is 102 Å². The van der Waals surface area contributed by atoms with E-state index in [0.29, 0.717) is 39.7 Å². The second kappa shape index (κ2) is 10.1. The quantitative estimate of drug-likeness (QED) is 0.257. The first-order valence-corrected chi connectivity index (χ1v) is 12.4. The third-order valence-electron chi connectivity index (χ3n) is 5.66. The summed E-state index contributed by atoms with van der Waals surface area (Å²) < 4.78 is 2.90. The number of aromatic nitrogens is 4. The zero-order valence-electron chi connectivity index (χ0n) is 19.4. The fourth-order valence-corrected chi connectivity index (χ4v) is 4.92. The van der Waals surface area contributed by atoms with Gasteiger partial charge in [0, 0.05) is 6.07 Å². The van der Waals surface area contributed by atoms with Crippen LogP contribution in [0.3, 0.4) is 0 Å². The van der Waals surface area contributed by atoms with E-state index in [4.69, 9.17) is 4.98 Å². The summed E-state index contributed by atoms with van der Waals surface area (Å²) >= 11 is 1.21. The number of carbonyl (C=O) groups is 1. The number of hydrogen-bond donors (Lipinski definition) is 2. The molecule has 180 valence electrons. The van der Waals surface area contributed by atoms with Crippen LogP contribution in [-0.4, -0.2) is 30.5 Å². The first kappa shape index (κ1) is 23.4. The van der Waals surface area contributed by atoms with Gasteiger partial charge in [0.2, 0.25) is 5.91 Å². The highest BCUT2D eigenvalue weighted by Crippen LogP contribution is 2.27. The summed E-state index contributed by atoms with van der Waals surface area (Å²) in [5, 5.41) is 6.10. The van der Waals surface area contributed by atoms with Crippen molar-refractivity contribution in [1.29, 1.82) is 0 Å². The minimum absolute atomic E-state index is 0.200. The van der Waals surface area contributed by atoms with Gasteiger partial charge >= 0.3 is 0 Å². The number of rotatable bonds is 7. The lowest BCUT2D eigenvalue weighted by molar-refractivity contribution is -0.115. The molecule has 2 aromatic heterocycles. The molecule has 1 unspecified atom stereocenters. The van der Waals surface area contributed by atoms with Gasteiger partial charge in [0.05, 0.1) is 27.5 Å². The third kappa shape index (κ3) is 4.60. The van der Waals surface area contributed by atoms with Gasteiger partial charge < -0.3 is 5.32 Å². The largest absolute Gasteiger partial charge is 0.310 e. The number of para-hydroxylation sites is 3. The number of H-pyrrole nitrogens is 1. The number of nitrogens with one attached hydrogen (secondary N) is 2. The van der Waals surface area contributed by atoms with E-state index < -0.39 is 5.25 Å². The maximum absolute atomic E-state index is 13.4. The molecule has 0 aliphatic heterocycles. The summed E-state index contributed by atoms with van der Waals surface area (Å²) in [5.74, 6) is -0.00851. The Labute approximate surface area is 210 Å². The molecule has 5 rings (SSSR count). The molecule has 0 aliphatic rings. The van der Waals surface area contributed by atoms with Gasteiger partial charge in [-0.2, -0.15) is 0 Å². The number of anilines is 1. The average Bonchev–Trinajstić information content (AvgIpc) is 3.28. The molecule has 36 heavy (non-hydrogen) atoms. The molecule has 0 aliphatic carbocycles. The van der Waals surface area contributed by atoms with E-state index in [-0.39, 0.29) is 17.0 Å². The monoisotopic (exact) mass is 497 g/mol. The van der Waals surface area contributed by atoms with Crippen molar-refractivity contribution in [3.8, 4) is 11.4 Å². The molecule has 0 bridgehead atoms. The molecule has 5 aromatic rings. The van der Waals surface area contributed by atoms with Crippen LogP contribution in [-0.2, 0) is 4.79 Å². The lowest BCUT2D eigenvalue weighted by atomic mass is 10.2. The zero-order chi connectivity index (χ0) is 25.1. The van der Waals surface area contributed by atoms with Gasteiger partial charge in [-0.15, -0.1) is 0 Å². The standard InChI is InChI=1S/C27H23N5O3S/c1-2-22(25(34)29-23-17-24(33)32(30-23)19-13-7-4-8-14-19)36-27-28-21-16-10-9-15-20(21)26(35)31(27)18-11-5-3-6-12-18/h3-17,22,30H,2H2,1H3,(H,29,34). The molecular weight excluding hydrogens is 474 g/mol. The minimum atomic E-state index is -0.559. The number of carbonyl (C=O) groups excluding carboxylic acids is 1. The van der Waals surface area contributed by atoms with Crippen LogP contribution in [0.4, 0.5) is 5.82 Å². The Balaban J connectivity index is 1.47. The highest BCUT2D eigenvalue weighted by Gasteiger charge is 2.23. The normalized spacial score (nSPS) is 11.9. The average molecular weight is 498 g/mol. The number of hydrogen-bond acceptors (Lipinski definition) is 5. The molecule has 1 atom stereocenters. The van der Waals surface area contributed by atoms with Crippen molar-refractivity contribution in [2.45, 2.75) is 23.8 Å². The molecule has 8 nitrogen and oxygen atoms in total. The van der Waals surface area contributed by atoms with Gasteiger partial charge in [0.1, 0.15) is 5.82 Å². The van der Waals surface area contributed by atoms with Gasteiger partial charge in [-0.3, -0.25) is 24.0 Å². The third-order valence-corrected chi connectivity index (χ3v) is 6.98. The van der Waals surface area contributed by atoms with E-state index in [9.17, 15) is 14.4 Å². The first-order chi connectivity index (χ1) is 17.5. The number of nitrogens with zero attached hydrogens (tertiary/aromatic N) is 3. The molecule has 2 heterocycles. The molecule has 0 saturated carbocycles. The number of benzene rings is 3. The van der Waals surface area contributed by atoms with Crippen LogP contribution in [0.2, 0.25) is 0 Å². The minimum Gasteiger partial charge on any atom is -0.310 e. The Bertz CT molecular complexity index is 1640. The maximum atomic E-state index is 13.4. The second-order valence-corrected chi connectivity index (χ2v) is 9.24. The number of fused-ring (bicyclic) bond motifs is 1. The summed E-state index contributed by atoms with van der Waals surface area (Å²) in [6.07, 6.45) is 0.484. The lowest BCUT2D eigenvalue weighted by Gasteiger charge is -2.17. The zero-order valence-corrected chi connectivity index (χ0v) is 20.2. The SMILES string of the molecule is CCC(Sc1nc2ccccc2c(=O)n1-c1ccccc1)C(=O)Nc1cc(=O)n(-c2ccccc2)[nH]1. The Hall–Kier alpha value is -4.37. The van der Waals surface area contributed by atoms with E-state index in [0.717, 1.165) is 0 Å². The van der Waals surface area contributed by atoms with Crippen molar-refractivity contribution >= 4 is 34.4 Å². The number of thioether (sulfide) groups is 1. The van der Waals surface area contributed by atoms with E-state index in [1.54, 1.807) is 30.3 Å². The first-order valence-electron chi connectivity index (χ1n) is 11.5. The highest BCUT2D eigenvalue weighted by atomic mass is 32.2. The molecule has 2 N–H and O–H groups in total. The Kier molecular flexibility index (Phi) is 6.55. The smallest absolute Gasteiger partial charge is 0.273 e. The molecular formula is C27H23N5O3S. The van der Waals surface area contributed by atoms with E-state index >= 15 is 0 Å². The fraction of sp³-hybridized carbons (Fsp3) is 0.111.